The maximum absolute atomic E-state index is 11.8. The van der Waals surface area contributed by atoms with Gasteiger partial charge in [-0.1, -0.05) is 13.8 Å². The SMILES string of the molecule is CC(C)C(CO)NC(=O)c1ccc(S)cc1. The van der Waals surface area contributed by atoms with E-state index in [0.29, 0.717) is 5.56 Å². The fraction of sp³-hybridized carbons (Fsp3) is 0.417. The molecule has 1 amide bonds. The van der Waals surface area contributed by atoms with Crippen molar-refractivity contribution in [3.05, 3.63) is 29.8 Å². The van der Waals surface area contributed by atoms with Gasteiger partial charge in [-0.15, -0.1) is 12.6 Å². The molecule has 0 spiro atoms. The van der Waals surface area contributed by atoms with Crippen molar-refractivity contribution in [1.82, 2.24) is 5.32 Å². The summed E-state index contributed by atoms with van der Waals surface area (Å²) in [6.45, 7) is 3.87. The first-order valence-electron chi connectivity index (χ1n) is 5.25. The fourth-order valence-electron chi connectivity index (χ4n) is 1.29. The van der Waals surface area contributed by atoms with Crippen molar-refractivity contribution >= 4 is 18.5 Å². The molecule has 1 aromatic rings. The molecule has 2 N–H and O–H groups in total. The topological polar surface area (TPSA) is 49.3 Å². The molecule has 0 aliphatic heterocycles. The van der Waals surface area contributed by atoms with E-state index < -0.39 is 0 Å². The smallest absolute Gasteiger partial charge is 0.251 e. The third-order valence-electron chi connectivity index (χ3n) is 2.45. The van der Waals surface area contributed by atoms with Crippen molar-refractivity contribution in [2.24, 2.45) is 5.92 Å². The zero-order chi connectivity index (χ0) is 12.1. The van der Waals surface area contributed by atoms with Crippen LogP contribution >= 0.6 is 12.6 Å². The van der Waals surface area contributed by atoms with Gasteiger partial charge in [-0.2, -0.15) is 0 Å². The minimum absolute atomic E-state index is 0.0476. The van der Waals surface area contributed by atoms with Crippen LogP contribution < -0.4 is 5.32 Å². The van der Waals surface area contributed by atoms with E-state index in [9.17, 15) is 4.79 Å². The van der Waals surface area contributed by atoms with Crippen molar-refractivity contribution in [2.45, 2.75) is 24.8 Å². The number of amides is 1. The summed E-state index contributed by atoms with van der Waals surface area (Å²) in [5, 5.41) is 11.9. The molecule has 1 aromatic carbocycles. The van der Waals surface area contributed by atoms with E-state index in [1.54, 1.807) is 24.3 Å². The van der Waals surface area contributed by atoms with Crippen LogP contribution in [0, 0.1) is 5.92 Å². The Morgan fingerprint density at radius 3 is 2.38 bits per heavy atom. The highest BCUT2D eigenvalue weighted by Gasteiger charge is 2.15. The van der Waals surface area contributed by atoms with Gasteiger partial charge in [-0.05, 0) is 30.2 Å². The van der Waals surface area contributed by atoms with Crippen molar-refractivity contribution in [3.63, 3.8) is 0 Å². The van der Waals surface area contributed by atoms with E-state index in [2.05, 4.69) is 17.9 Å². The molecule has 1 atom stereocenters. The van der Waals surface area contributed by atoms with Crippen LogP contribution in [-0.4, -0.2) is 23.7 Å². The Morgan fingerprint density at radius 2 is 1.94 bits per heavy atom. The predicted octanol–water partition coefficient (Wildman–Crippen LogP) is 1.72. The van der Waals surface area contributed by atoms with Crippen LogP contribution in [0.2, 0.25) is 0 Å². The Hall–Kier alpha value is -1.00. The fourth-order valence-corrected chi connectivity index (χ4v) is 1.44. The van der Waals surface area contributed by atoms with Gasteiger partial charge < -0.3 is 10.4 Å². The van der Waals surface area contributed by atoms with E-state index >= 15 is 0 Å². The Labute approximate surface area is 101 Å². The number of hydrogen-bond acceptors (Lipinski definition) is 3. The first kappa shape index (κ1) is 13.1. The highest BCUT2D eigenvalue weighted by molar-refractivity contribution is 7.80. The van der Waals surface area contributed by atoms with Crippen LogP contribution in [0.15, 0.2) is 29.2 Å². The molecule has 3 nitrogen and oxygen atoms in total. The summed E-state index contributed by atoms with van der Waals surface area (Å²) in [6.07, 6.45) is 0. The molecule has 0 fully saturated rings. The number of benzene rings is 1. The summed E-state index contributed by atoms with van der Waals surface area (Å²) < 4.78 is 0. The summed E-state index contributed by atoms with van der Waals surface area (Å²) in [5.74, 6) is 0.0409. The van der Waals surface area contributed by atoms with Crippen molar-refractivity contribution < 1.29 is 9.90 Å². The number of aliphatic hydroxyl groups is 1. The van der Waals surface area contributed by atoms with Gasteiger partial charge in [-0.3, -0.25) is 4.79 Å². The molecular weight excluding hydrogens is 222 g/mol. The molecule has 0 bridgehead atoms. The lowest BCUT2D eigenvalue weighted by atomic mass is 10.0. The second kappa shape index (κ2) is 5.92. The van der Waals surface area contributed by atoms with Gasteiger partial charge in [-0.25, -0.2) is 0 Å². The molecule has 0 aliphatic rings. The summed E-state index contributed by atoms with van der Waals surface area (Å²) >= 11 is 4.15. The molecule has 4 heteroatoms. The van der Waals surface area contributed by atoms with Gasteiger partial charge in [0, 0.05) is 10.5 Å². The molecule has 0 radical (unpaired) electrons. The Morgan fingerprint density at radius 1 is 1.38 bits per heavy atom. The lowest BCUT2D eigenvalue weighted by molar-refractivity contribution is 0.0897. The summed E-state index contributed by atoms with van der Waals surface area (Å²) in [4.78, 5) is 12.6. The van der Waals surface area contributed by atoms with Gasteiger partial charge in [0.2, 0.25) is 0 Å². The highest BCUT2D eigenvalue weighted by Crippen LogP contribution is 2.09. The second-order valence-electron chi connectivity index (χ2n) is 4.05. The average Bonchev–Trinajstić information content (AvgIpc) is 2.26. The van der Waals surface area contributed by atoms with E-state index in [-0.39, 0.29) is 24.5 Å². The zero-order valence-electron chi connectivity index (χ0n) is 9.47. The Bertz CT molecular complexity index is 349. The normalized spacial score (nSPS) is 12.6. The van der Waals surface area contributed by atoms with E-state index in [1.807, 2.05) is 13.8 Å². The van der Waals surface area contributed by atoms with Crippen LogP contribution in [0.3, 0.4) is 0 Å². The molecular formula is C12H17NO2S. The molecule has 16 heavy (non-hydrogen) atoms. The molecule has 0 aromatic heterocycles. The molecule has 0 saturated heterocycles. The van der Waals surface area contributed by atoms with Gasteiger partial charge >= 0.3 is 0 Å². The lowest BCUT2D eigenvalue weighted by Crippen LogP contribution is -2.41. The molecule has 0 heterocycles. The molecule has 88 valence electrons. The average molecular weight is 239 g/mol. The molecule has 0 saturated carbocycles. The Balaban J connectivity index is 2.68. The summed E-state index contributed by atoms with van der Waals surface area (Å²) in [5.41, 5.74) is 0.580. The van der Waals surface area contributed by atoms with E-state index in [0.717, 1.165) is 4.90 Å². The zero-order valence-corrected chi connectivity index (χ0v) is 10.4. The van der Waals surface area contributed by atoms with Crippen LogP contribution in [0.4, 0.5) is 0 Å². The monoisotopic (exact) mass is 239 g/mol. The largest absolute Gasteiger partial charge is 0.394 e. The number of nitrogens with one attached hydrogen (secondary N) is 1. The van der Waals surface area contributed by atoms with Crippen LogP contribution in [0.1, 0.15) is 24.2 Å². The van der Waals surface area contributed by atoms with Crippen LogP contribution in [0.25, 0.3) is 0 Å². The highest BCUT2D eigenvalue weighted by atomic mass is 32.1. The first-order valence-corrected chi connectivity index (χ1v) is 5.70. The quantitative estimate of drug-likeness (QED) is 0.701. The maximum Gasteiger partial charge on any atom is 0.251 e. The number of carbonyl (C=O) groups excluding carboxylic acids is 1. The van der Waals surface area contributed by atoms with E-state index in [4.69, 9.17) is 5.11 Å². The third-order valence-corrected chi connectivity index (χ3v) is 2.75. The molecule has 0 aliphatic carbocycles. The number of carbonyl (C=O) groups is 1. The molecule has 1 rings (SSSR count). The van der Waals surface area contributed by atoms with Gasteiger partial charge in [0.05, 0.1) is 12.6 Å². The number of thiol groups is 1. The van der Waals surface area contributed by atoms with Crippen molar-refractivity contribution in [3.8, 4) is 0 Å². The van der Waals surface area contributed by atoms with Crippen LogP contribution in [0.5, 0.6) is 0 Å². The maximum atomic E-state index is 11.8. The third kappa shape index (κ3) is 3.54. The summed E-state index contributed by atoms with van der Waals surface area (Å²) in [6, 6.07) is 6.75. The minimum Gasteiger partial charge on any atom is -0.394 e. The standard InChI is InChI=1S/C12H17NO2S/c1-8(2)11(7-14)13-12(15)9-3-5-10(16)6-4-9/h3-6,8,11,14,16H,7H2,1-2H3,(H,13,15). The van der Waals surface area contributed by atoms with Crippen molar-refractivity contribution in [1.29, 1.82) is 0 Å². The first-order chi connectivity index (χ1) is 7.54. The number of rotatable bonds is 4. The number of hydrogen-bond donors (Lipinski definition) is 3. The Kier molecular flexibility index (Phi) is 4.83. The van der Waals surface area contributed by atoms with Gasteiger partial charge in [0.1, 0.15) is 0 Å². The van der Waals surface area contributed by atoms with Crippen molar-refractivity contribution in [2.75, 3.05) is 6.61 Å². The predicted molar refractivity (Wildman–Crippen MR) is 66.9 cm³/mol. The van der Waals surface area contributed by atoms with Crippen LogP contribution in [-0.2, 0) is 0 Å². The second-order valence-corrected chi connectivity index (χ2v) is 4.57. The van der Waals surface area contributed by atoms with Gasteiger partial charge in [0.15, 0.2) is 0 Å². The summed E-state index contributed by atoms with van der Waals surface area (Å²) in [7, 11) is 0. The minimum atomic E-state index is -0.205. The van der Waals surface area contributed by atoms with E-state index in [1.165, 1.54) is 0 Å². The van der Waals surface area contributed by atoms with Gasteiger partial charge in [0.25, 0.3) is 5.91 Å². The number of aliphatic hydroxyl groups excluding tert-OH is 1. The molecule has 1 unspecified atom stereocenters. The lowest BCUT2D eigenvalue weighted by Gasteiger charge is -2.19.